The van der Waals surface area contributed by atoms with Gasteiger partial charge in [-0.1, -0.05) is 6.92 Å². The number of rotatable bonds is 1. The second-order valence-corrected chi connectivity index (χ2v) is 3.50. The molecule has 1 aliphatic rings. The van der Waals surface area contributed by atoms with Crippen LogP contribution in [-0.4, -0.2) is 16.1 Å². The van der Waals surface area contributed by atoms with Crippen molar-refractivity contribution < 1.29 is 9.90 Å². The number of aromatic carboxylic acids is 1. The van der Waals surface area contributed by atoms with Crippen LogP contribution in [0.2, 0.25) is 0 Å². The molecule has 2 rings (SSSR count). The SMILES string of the molecule is C[C@@H]1CCc2c(C(=O)O)cncc21. The lowest BCUT2D eigenvalue weighted by Crippen LogP contribution is -2.03. The molecule has 1 aromatic rings. The molecule has 0 saturated heterocycles. The Balaban J connectivity index is 2.57. The second kappa shape index (κ2) is 2.83. The predicted molar refractivity (Wildman–Crippen MR) is 47.9 cm³/mol. The fourth-order valence-electron chi connectivity index (χ4n) is 1.91. The van der Waals surface area contributed by atoms with Crippen LogP contribution in [0.25, 0.3) is 0 Å². The van der Waals surface area contributed by atoms with Crippen LogP contribution in [0.1, 0.15) is 40.7 Å². The van der Waals surface area contributed by atoms with Crippen LogP contribution in [-0.2, 0) is 6.42 Å². The molecule has 0 amide bonds. The summed E-state index contributed by atoms with van der Waals surface area (Å²) >= 11 is 0. The highest BCUT2D eigenvalue weighted by atomic mass is 16.4. The Bertz CT molecular complexity index is 360. The number of carboxylic acids is 1. The Hall–Kier alpha value is -1.38. The molecule has 3 nitrogen and oxygen atoms in total. The highest BCUT2D eigenvalue weighted by Gasteiger charge is 2.23. The van der Waals surface area contributed by atoms with Gasteiger partial charge in [-0.05, 0) is 29.9 Å². The van der Waals surface area contributed by atoms with Gasteiger partial charge in [-0.3, -0.25) is 4.98 Å². The van der Waals surface area contributed by atoms with Gasteiger partial charge in [-0.2, -0.15) is 0 Å². The van der Waals surface area contributed by atoms with Crippen molar-refractivity contribution in [2.45, 2.75) is 25.7 Å². The number of carboxylic acid groups (broad SMARTS) is 1. The second-order valence-electron chi connectivity index (χ2n) is 3.50. The molecule has 0 aromatic carbocycles. The van der Waals surface area contributed by atoms with Gasteiger partial charge in [-0.25, -0.2) is 4.79 Å². The van der Waals surface area contributed by atoms with Crippen LogP contribution in [0.5, 0.6) is 0 Å². The zero-order valence-corrected chi connectivity index (χ0v) is 7.45. The monoisotopic (exact) mass is 177 g/mol. The highest BCUT2D eigenvalue weighted by Crippen LogP contribution is 2.33. The van der Waals surface area contributed by atoms with E-state index in [4.69, 9.17) is 5.11 Å². The molecular formula is C10H11NO2. The van der Waals surface area contributed by atoms with E-state index in [0.717, 1.165) is 24.0 Å². The minimum Gasteiger partial charge on any atom is -0.478 e. The summed E-state index contributed by atoms with van der Waals surface area (Å²) in [7, 11) is 0. The average molecular weight is 177 g/mol. The van der Waals surface area contributed by atoms with Gasteiger partial charge in [0.25, 0.3) is 0 Å². The molecule has 0 radical (unpaired) electrons. The van der Waals surface area contributed by atoms with E-state index in [0.29, 0.717) is 11.5 Å². The number of carbonyl (C=O) groups is 1. The third-order valence-corrected chi connectivity index (χ3v) is 2.68. The normalized spacial score (nSPS) is 19.9. The first-order valence-electron chi connectivity index (χ1n) is 4.40. The molecule has 0 saturated carbocycles. The molecule has 68 valence electrons. The largest absolute Gasteiger partial charge is 0.478 e. The highest BCUT2D eigenvalue weighted by molar-refractivity contribution is 5.89. The van der Waals surface area contributed by atoms with Gasteiger partial charge < -0.3 is 5.11 Å². The Morgan fingerprint density at radius 1 is 1.62 bits per heavy atom. The van der Waals surface area contributed by atoms with Crippen LogP contribution < -0.4 is 0 Å². The van der Waals surface area contributed by atoms with Crippen LogP contribution >= 0.6 is 0 Å². The van der Waals surface area contributed by atoms with Gasteiger partial charge in [0.15, 0.2) is 0 Å². The van der Waals surface area contributed by atoms with E-state index in [-0.39, 0.29) is 0 Å². The van der Waals surface area contributed by atoms with Gasteiger partial charge in [-0.15, -0.1) is 0 Å². The molecule has 13 heavy (non-hydrogen) atoms. The summed E-state index contributed by atoms with van der Waals surface area (Å²) in [5.41, 5.74) is 2.47. The van der Waals surface area contributed by atoms with Crippen molar-refractivity contribution in [2.75, 3.05) is 0 Å². The van der Waals surface area contributed by atoms with E-state index in [1.165, 1.54) is 6.20 Å². The maximum atomic E-state index is 10.8. The molecule has 1 aliphatic carbocycles. The van der Waals surface area contributed by atoms with Gasteiger partial charge in [0.2, 0.25) is 0 Å². The fraction of sp³-hybridized carbons (Fsp3) is 0.400. The number of hydrogen-bond donors (Lipinski definition) is 1. The van der Waals surface area contributed by atoms with Crippen LogP contribution in [0, 0.1) is 0 Å². The van der Waals surface area contributed by atoms with Crippen LogP contribution in [0.3, 0.4) is 0 Å². The van der Waals surface area contributed by atoms with Crippen molar-refractivity contribution in [3.63, 3.8) is 0 Å². The molecule has 1 atom stereocenters. The third-order valence-electron chi connectivity index (χ3n) is 2.68. The summed E-state index contributed by atoms with van der Waals surface area (Å²) in [5, 5.41) is 8.90. The summed E-state index contributed by atoms with van der Waals surface area (Å²) < 4.78 is 0. The number of hydrogen-bond acceptors (Lipinski definition) is 2. The minimum absolute atomic E-state index is 0.377. The maximum Gasteiger partial charge on any atom is 0.337 e. The van der Waals surface area contributed by atoms with E-state index < -0.39 is 5.97 Å². The van der Waals surface area contributed by atoms with E-state index in [9.17, 15) is 4.79 Å². The lowest BCUT2D eigenvalue weighted by atomic mass is 10.0. The molecule has 3 heteroatoms. The van der Waals surface area contributed by atoms with E-state index in [1.807, 2.05) is 0 Å². The molecule has 1 N–H and O–H groups in total. The van der Waals surface area contributed by atoms with Crippen molar-refractivity contribution in [1.82, 2.24) is 4.98 Å². The molecule has 0 bridgehead atoms. The Morgan fingerprint density at radius 2 is 2.38 bits per heavy atom. The topological polar surface area (TPSA) is 50.2 Å². The van der Waals surface area contributed by atoms with Crippen molar-refractivity contribution >= 4 is 5.97 Å². The quantitative estimate of drug-likeness (QED) is 0.711. The first-order valence-corrected chi connectivity index (χ1v) is 4.40. The standard InChI is InChI=1S/C10H11NO2/c1-6-2-3-7-8(6)4-11-5-9(7)10(12)13/h4-6H,2-3H2,1H3,(H,12,13)/t6-/m1/s1. The summed E-state index contributed by atoms with van der Waals surface area (Å²) in [5.74, 6) is -0.403. The number of aromatic nitrogens is 1. The molecule has 1 heterocycles. The van der Waals surface area contributed by atoms with E-state index in [2.05, 4.69) is 11.9 Å². The van der Waals surface area contributed by atoms with Gasteiger partial charge in [0.1, 0.15) is 0 Å². The minimum atomic E-state index is -0.863. The van der Waals surface area contributed by atoms with Crippen molar-refractivity contribution in [3.05, 3.63) is 29.1 Å². The molecule has 0 aliphatic heterocycles. The molecule has 0 fully saturated rings. The Kier molecular flexibility index (Phi) is 1.79. The van der Waals surface area contributed by atoms with Crippen LogP contribution in [0.15, 0.2) is 12.4 Å². The van der Waals surface area contributed by atoms with Gasteiger partial charge in [0.05, 0.1) is 5.56 Å². The molecular weight excluding hydrogens is 166 g/mol. The number of fused-ring (bicyclic) bond motifs is 1. The first-order chi connectivity index (χ1) is 6.20. The van der Waals surface area contributed by atoms with Crippen molar-refractivity contribution in [1.29, 1.82) is 0 Å². The molecule has 0 spiro atoms. The Morgan fingerprint density at radius 3 is 3.08 bits per heavy atom. The third kappa shape index (κ3) is 1.20. The van der Waals surface area contributed by atoms with Crippen molar-refractivity contribution in [3.8, 4) is 0 Å². The summed E-state index contributed by atoms with van der Waals surface area (Å²) in [4.78, 5) is 14.8. The van der Waals surface area contributed by atoms with E-state index >= 15 is 0 Å². The van der Waals surface area contributed by atoms with Crippen molar-refractivity contribution in [2.24, 2.45) is 0 Å². The maximum absolute atomic E-state index is 10.8. The zero-order chi connectivity index (χ0) is 9.42. The molecule has 0 unspecified atom stereocenters. The Labute approximate surface area is 76.4 Å². The lowest BCUT2D eigenvalue weighted by Gasteiger charge is -2.04. The molecule has 1 aromatic heterocycles. The smallest absolute Gasteiger partial charge is 0.337 e. The summed E-state index contributed by atoms with van der Waals surface area (Å²) in [6.45, 7) is 2.11. The van der Waals surface area contributed by atoms with Gasteiger partial charge >= 0.3 is 5.97 Å². The summed E-state index contributed by atoms with van der Waals surface area (Å²) in [6, 6.07) is 0. The van der Waals surface area contributed by atoms with Crippen LogP contribution in [0.4, 0.5) is 0 Å². The van der Waals surface area contributed by atoms with Gasteiger partial charge in [0, 0.05) is 12.4 Å². The number of nitrogens with zero attached hydrogens (tertiary/aromatic N) is 1. The average Bonchev–Trinajstić information content (AvgIpc) is 2.48. The van der Waals surface area contributed by atoms with E-state index in [1.54, 1.807) is 6.20 Å². The summed E-state index contributed by atoms with van der Waals surface area (Å²) in [6.07, 6.45) is 5.15. The predicted octanol–water partition coefficient (Wildman–Crippen LogP) is 1.83. The fourth-order valence-corrected chi connectivity index (χ4v) is 1.91. The lowest BCUT2D eigenvalue weighted by molar-refractivity contribution is 0.0695. The first kappa shape index (κ1) is 8.23. The number of pyridine rings is 1. The zero-order valence-electron chi connectivity index (χ0n) is 7.45.